The summed E-state index contributed by atoms with van der Waals surface area (Å²) >= 11 is 0. The minimum atomic E-state index is -0.146. The number of aromatic nitrogens is 2. The first-order chi connectivity index (χ1) is 8.67. The molecule has 0 aliphatic carbocycles. The van der Waals surface area contributed by atoms with Gasteiger partial charge in [-0.2, -0.15) is 4.98 Å². The minimum absolute atomic E-state index is 0.146. The van der Waals surface area contributed by atoms with Gasteiger partial charge in [0.2, 0.25) is 5.82 Å². The molecule has 5 nitrogen and oxygen atoms in total. The van der Waals surface area contributed by atoms with E-state index in [1.165, 1.54) is 0 Å². The minimum Gasteiger partial charge on any atom is -0.398 e. The van der Waals surface area contributed by atoms with Crippen LogP contribution in [0.5, 0.6) is 0 Å². The van der Waals surface area contributed by atoms with Gasteiger partial charge in [0.1, 0.15) is 6.10 Å². The van der Waals surface area contributed by atoms with Gasteiger partial charge < -0.3 is 15.0 Å². The van der Waals surface area contributed by atoms with Crippen LogP contribution in [-0.2, 0) is 4.74 Å². The molecule has 1 unspecified atom stereocenters. The van der Waals surface area contributed by atoms with Crippen LogP contribution in [0, 0.1) is 6.92 Å². The van der Waals surface area contributed by atoms with Gasteiger partial charge in [0, 0.05) is 12.8 Å². The van der Waals surface area contributed by atoms with Crippen LogP contribution in [-0.4, -0.2) is 17.3 Å². The molecule has 2 rings (SSSR count). The number of aryl methyl sites for hydroxylation is 1. The van der Waals surface area contributed by atoms with E-state index in [9.17, 15) is 0 Å². The molecule has 0 saturated carbocycles. The van der Waals surface area contributed by atoms with Crippen LogP contribution in [0.1, 0.15) is 30.8 Å². The molecule has 1 heterocycles. The lowest BCUT2D eigenvalue weighted by Crippen LogP contribution is -2.02. The van der Waals surface area contributed by atoms with Gasteiger partial charge in [-0.1, -0.05) is 24.2 Å². The Kier molecular flexibility index (Phi) is 3.62. The van der Waals surface area contributed by atoms with Gasteiger partial charge in [0.15, 0.2) is 0 Å². The largest absolute Gasteiger partial charge is 0.398 e. The SMILES string of the molecule is CCC(OC)c1noc(-c2c(C)cccc2N)n1. The van der Waals surface area contributed by atoms with E-state index in [-0.39, 0.29) is 6.10 Å². The van der Waals surface area contributed by atoms with Crippen molar-refractivity contribution >= 4 is 5.69 Å². The van der Waals surface area contributed by atoms with Crippen molar-refractivity contribution in [3.05, 3.63) is 29.6 Å². The lowest BCUT2D eigenvalue weighted by molar-refractivity contribution is 0.0903. The average Bonchev–Trinajstić information content (AvgIpc) is 2.80. The molecule has 2 aromatic rings. The molecule has 0 aliphatic rings. The van der Waals surface area contributed by atoms with Crippen LogP contribution in [0.15, 0.2) is 22.7 Å². The molecule has 1 aromatic heterocycles. The standard InChI is InChI=1S/C13H17N3O2/c1-4-10(17-3)12-15-13(18-16-12)11-8(2)6-5-7-9(11)14/h5-7,10H,4,14H2,1-3H3. The number of nitrogens with two attached hydrogens (primary N) is 1. The van der Waals surface area contributed by atoms with Crippen molar-refractivity contribution in [3.63, 3.8) is 0 Å². The van der Waals surface area contributed by atoms with E-state index in [1.54, 1.807) is 7.11 Å². The Morgan fingerprint density at radius 1 is 1.44 bits per heavy atom. The van der Waals surface area contributed by atoms with Gasteiger partial charge in [-0.25, -0.2) is 0 Å². The summed E-state index contributed by atoms with van der Waals surface area (Å²) in [5.74, 6) is 0.994. The molecular formula is C13H17N3O2. The highest BCUT2D eigenvalue weighted by Gasteiger charge is 2.19. The van der Waals surface area contributed by atoms with Gasteiger partial charge in [0.05, 0.1) is 5.56 Å². The number of hydrogen-bond acceptors (Lipinski definition) is 5. The fourth-order valence-corrected chi connectivity index (χ4v) is 1.90. The van der Waals surface area contributed by atoms with Gasteiger partial charge in [-0.3, -0.25) is 0 Å². The molecule has 0 aliphatic heterocycles. The van der Waals surface area contributed by atoms with Crippen molar-refractivity contribution in [1.29, 1.82) is 0 Å². The predicted octanol–water partition coefficient (Wildman–Crippen LogP) is 2.72. The fourth-order valence-electron chi connectivity index (χ4n) is 1.90. The van der Waals surface area contributed by atoms with Crippen LogP contribution < -0.4 is 5.73 Å². The lowest BCUT2D eigenvalue weighted by atomic mass is 10.1. The zero-order chi connectivity index (χ0) is 13.1. The Hall–Kier alpha value is -1.88. The Morgan fingerprint density at radius 3 is 2.83 bits per heavy atom. The van der Waals surface area contributed by atoms with E-state index in [0.29, 0.717) is 17.4 Å². The zero-order valence-corrected chi connectivity index (χ0v) is 10.8. The van der Waals surface area contributed by atoms with Crippen LogP contribution in [0.25, 0.3) is 11.5 Å². The second kappa shape index (κ2) is 5.18. The molecule has 0 amide bonds. The first-order valence-electron chi connectivity index (χ1n) is 5.89. The molecule has 1 atom stereocenters. The first kappa shape index (κ1) is 12.6. The van der Waals surface area contributed by atoms with E-state index < -0.39 is 0 Å². The van der Waals surface area contributed by atoms with Crippen molar-refractivity contribution < 1.29 is 9.26 Å². The van der Waals surface area contributed by atoms with Gasteiger partial charge in [-0.05, 0) is 25.0 Å². The van der Waals surface area contributed by atoms with Crippen LogP contribution in [0.3, 0.4) is 0 Å². The highest BCUT2D eigenvalue weighted by atomic mass is 16.5. The average molecular weight is 247 g/mol. The van der Waals surface area contributed by atoms with Crippen LogP contribution in [0.4, 0.5) is 5.69 Å². The van der Waals surface area contributed by atoms with Crippen molar-refractivity contribution in [1.82, 2.24) is 10.1 Å². The van der Waals surface area contributed by atoms with Crippen molar-refractivity contribution in [2.75, 3.05) is 12.8 Å². The topological polar surface area (TPSA) is 74.2 Å². The normalized spacial score (nSPS) is 12.6. The predicted molar refractivity (Wildman–Crippen MR) is 68.9 cm³/mol. The maximum Gasteiger partial charge on any atom is 0.260 e. The van der Waals surface area contributed by atoms with Crippen molar-refractivity contribution in [2.45, 2.75) is 26.4 Å². The molecule has 18 heavy (non-hydrogen) atoms. The number of ether oxygens (including phenoxy) is 1. The second-order valence-electron chi connectivity index (χ2n) is 4.13. The summed E-state index contributed by atoms with van der Waals surface area (Å²) in [6.07, 6.45) is 0.645. The van der Waals surface area contributed by atoms with Crippen molar-refractivity contribution in [3.8, 4) is 11.5 Å². The Morgan fingerprint density at radius 2 is 2.22 bits per heavy atom. The summed E-state index contributed by atoms with van der Waals surface area (Å²) < 4.78 is 10.6. The molecular weight excluding hydrogens is 230 g/mol. The number of nitrogens with zero attached hydrogens (tertiary/aromatic N) is 2. The lowest BCUT2D eigenvalue weighted by Gasteiger charge is -2.06. The fraction of sp³-hybridized carbons (Fsp3) is 0.385. The Bertz CT molecular complexity index is 513. The van der Waals surface area contributed by atoms with E-state index in [0.717, 1.165) is 17.5 Å². The van der Waals surface area contributed by atoms with Crippen LogP contribution in [0.2, 0.25) is 0 Å². The summed E-state index contributed by atoms with van der Waals surface area (Å²) in [5.41, 5.74) is 8.38. The number of hydrogen-bond donors (Lipinski definition) is 1. The molecule has 1 aromatic carbocycles. The summed E-state index contributed by atoms with van der Waals surface area (Å²) in [7, 11) is 1.63. The quantitative estimate of drug-likeness (QED) is 0.841. The molecule has 0 spiro atoms. The molecule has 2 N–H and O–H groups in total. The molecule has 0 saturated heterocycles. The smallest absolute Gasteiger partial charge is 0.260 e. The third-order valence-corrected chi connectivity index (χ3v) is 2.90. The summed E-state index contributed by atoms with van der Waals surface area (Å²) in [5, 5.41) is 3.95. The second-order valence-corrected chi connectivity index (χ2v) is 4.13. The summed E-state index contributed by atoms with van der Waals surface area (Å²) in [6.45, 7) is 3.97. The number of anilines is 1. The van der Waals surface area contributed by atoms with Crippen LogP contribution >= 0.6 is 0 Å². The monoisotopic (exact) mass is 247 g/mol. The van der Waals surface area contributed by atoms with E-state index in [4.69, 9.17) is 15.0 Å². The van der Waals surface area contributed by atoms with E-state index in [2.05, 4.69) is 10.1 Å². The van der Waals surface area contributed by atoms with Crippen molar-refractivity contribution in [2.24, 2.45) is 0 Å². The number of methoxy groups -OCH3 is 1. The van der Waals surface area contributed by atoms with Gasteiger partial charge in [-0.15, -0.1) is 0 Å². The third kappa shape index (κ3) is 2.22. The van der Waals surface area contributed by atoms with E-state index >= 15 is 0 Å². The Labute approximate surface area is 106 Å². The Balaban J connectivity index is 2.41. The maximum atomic E-state index is 5.94. The first-order valence-corrected chi connectivity index (χ1v) is 5.89. The molecule has 0 bridgehead atoms. The molecule has 0 fully saturated rings. The van der Waals surface area contributed by atoms with E-state index in [1.807, 2.05) is 32.0 Å². The highest BCUT2D eigenvalue weighted by Crippen LogP contribution is 2.29. The highest BCUT2D eigenvalue weighted by molar-refractivity contribution is 5.73. The molecule has 5 heteroatoms. The zero-order valence-electron chi connectivity index (χ0n) is 10.8. The number of rotatable bonds is 4. The maximum absolute atomic E-state index is 5.94. The third-order valence-electron chi connectivity index (χ3n) is 2.90. The molecule has 96 valence electrons. The number of nitrogen functional groups attached to an aromatic ring is 1. The number of benzene rings is 1. The van der Waals surface area contributed by atoms with Gasteiger partial charge in [0.25, 0.3) is 5.89 Å². The molecule has 0 radical (unpaired) electrons. The van der Waals surface area contributed by atoms with Gasteiger partial charge >= 0.3 is 0 Å². The summed E-state index contributed by atoms with van der Waals surface area (Å²) in [4.78, 5) is 4.36. The summed E-state index contributed by atoms with van der Waals surface area (Å²) in [6, 6.07) is 5.68.